The van der Waals surface area contributed by atoms with E-state index in [1.807, 2.05) is 12.1 Å². The molecule has 0 amide bonds. The summed E-state index contributed by atoms with van der Waals surface area (Å²) in [4.78, 5) is 3.16. The lowest BCUT2D eigenvalue weighted by atomic mass is 9.98. The molecule has 2 aromatic rings. The molecule has 2 N–H and O–H groups in total. The Morgan fingerprint density at radius 3 is 2.48 bits per heavy atom. The number of aryl methyl sites for hydroxylation is 1. The second-order valence-corrected chi connectivity index (χ2v) is 6.85. The van der Waals surface area contributed by atoms with Crippen LogP contribution in [0.3, 0.4) is 0 Å². The summed E-state index contributed by atoms with van der Waals surface area (Å²) in [6.45, 7) is 1.56. The topological polar surface area (TPSA) is 52.9 Å². The van der Waals surface area contributed by atoms with Gasteiger partial charge in [-0.15, -0.1) is 0 Å². The minimum Gasteiger partial charge on any atom is -0.504 e. The molecule has 0 fully saturated rings. The fraction of sp³-hybridized carbons (Fsp3) is 0.350. The van der Waals surface area contributed by atoms with E-state index in [2.05, 4.69) is 17.0 Å². The van der Waals surface area contributed by atoms with Crippen molar-refractivity contribution in [2.75, 3.05) is 13.7 Å². The number of hydrogen-bond acceptors (Lipinski definition) is 4. The molecule has 1 aliphatic heterocycles. The van der Waals surface area contributed by atoms with E-state index in [0.717, 1.165) is 54.1 Å². The highest BCUT2D eigenvalue weighted by atomic mass is 32.1. The van der Waals surface area contributed by atoms with Crippen LogP contribution in [0.4, 0.5) is 0 Å². The van der Waals surface area contributed by atoms with Gasteiger partial charge < -0.3 is 19.8 Å². The van der Waals surface area contributed by atoms with E-state index in [1.54, 1.807) is 19.2 Å². The summed E-state index contributed by atoms with van der Waals surface area (Å²) in [5.41, 5.74) is 3.42. The van der Waals surface area contributed by atoms with Gasteiger partial charge in [0.25, 0.3) is 0 Å². The first-order valence-electron chi connectivity index (χ1n) is 8.51. The van der Waals surface area contributed by atoms with E-state index < -0.39 is 0 Å². The number of ether oxygens (including phenoxy) is 1. The third kappa shape index (κ3) is 4.23. The van der Waals surface area contributed by atoms with Crippen molar-refractivity contribution in [3.63, 3.8) is 0 Å². The van der Waals surface area contributed by atoms with Crippen LogP contribution in [0.25, 0.3) is 0 Å². The molecule has 2 aromatic carbocycles. The van der Waals surface area contributed by atoms with E-state index in [1.165, 1.54) is 5.56 Å². The zero-order chi connectivity index (χ0) is 17.8. The zero-order valence-corrected chi connectivity index (χ0v) is 15.2. The second kappa shape index (κ2) is 7.74. The lowest BCUT2D eigenvalue weighted by Crippen LogP contribution is -2.34. The van der Waals surface area contributed by atoms with Gasteiger partial charge in [0.2, 0.25) is 0 Å². The van der Waals surface area contributed by atoms with Gasteiger partial charge in [0.15, 0.2) is 11.5 Å². The number of nitrogens with zero attached hydrogens (tertiary/aromatic N) is 1. The van der Waals surface area contributed by atoms with Crippen molar-refractivity contribution < 1.29 is 14.9 Å². The summed E-state index contributed by atoms with van der Waals surface area (Å²) >= 11 is 5.61. The number of hydrogen-bond donors (Lipinski definition) is 2. The number of rotatable bonds is 5. The summed E-state index contributed by atoms with van der Waals surface area (Å²) in [5.74, 6) is 0.765. The van der Waals surface area contributed by atoms with Crippen molar-refractivity contribution in [2.24, 2.45) is 0 Å². The summed E-state index contributed by atoms with van der Waals surface area (Å²) < 4.78 is 5.17. The standard InChI is InChI=1S/C20H23NO3S/c1-24-17-7-5-14(6-8-17)3-2-4-20(25)21-10-9-15-11-18(22)19(23)12-16(15)13-21/h5-8,11-12,22-23H,2-4,9-10,13H2,1H3. The number of fused-ring (bicyclic) bond motifs is 1. The normalized spacial score (nSPS) is 13.4. The Morgan fingerprint density at radius 1 is 1.12 bits per heavy atom. The van der Waals surface area contributed by atoms with Crippen LogP contribution < -0.4 is 4.74 Å². The van der Waals surface area contributed by atoms with Gasteiger partial charge in [-0.1, -0.05) is 24.4 Å². The minimum absolute atomic E-state index is 0.0470. The zero-order valence-electron chi connectivity index (χ0n) is 14.4. The number of benzene rings is 2. The van der Waals surface area contributed by atoms with Crippen LogP contribution in [-0.4, -0.2) is 33.8 Å². The Hall–Kier alpha value is -2.27. The first kappa shape index (κ1) is 17.5. The number of phenolic OH excluding ortho intramolecular Hbond substituents is 2. The molecule has 0 saturated heterocycles. The molecule has 25 heavy (non-hydrogen) atoms. The summed E-state index contributed by atoms with van der Waals surface area (Å²) in [6.07, 6.45) is 3.71. The summed E-state index contributed by atoms with van der Waals surface area (Å²) in [7, 11) is 1.67. The van der Waals surface area contributed by atoms with Gasteiger partial charge in [0.05, 0.1) is 12.1 Å². The molecule has 0 unspecified atom stereocenters. The Morgan fingerprint density at radius 2 is 1.80 bits per heavy atom. The number of methoxy groups -OCH3 is 1. The Labute approximate surface area is 153 Å². The molecule has 1 heterocycles. The van der Waals surface area contributed by atoms with Gasteiger partial charge in [0, 0.05) is 13.1 Å². The van der Waals surface area contributed by atoms with E-state index in [4.69, 9.17) is 17.0 Å². The van der Waals surface area contributed by atoms with E-state index in [-0.39, 0.29) is 11.5 Å². The number of thiocarbonyl (C=S) groups is 1. The average Bonchev–Trinajstić information content (AvgIpc) is 2.63. The largest absolute Gasteiger partial charge is 0.504 e. The van der Waals surface area contributed by atoms with Crippen LogP contribution in [0.5, 0.6) is 17.2 Å². The van der Waals surface area contributed by atoms with E-state index >= 15 is 0 Å². The maximum atomic E-state index is 9.69. The first-order chi connectivity index (χ1) is 12.1. The third-order valence-corrected chi connectivity index (χ3v) is 5.14. The summed E-state index contributed by atoms with van der Waals surface area (Å²) in [6, 6.07) is 11.5. The maximum Gasteiger partial charge on any atom is 0.157 e. The van der Waals surface area contributed by atoms with Crippen LogP contribution in [0, 0.1) is 0 Å². The SMILES string of the molecule is COc1ccc(CCCC(=S)N2CCc3cc(O)c(O)cc3C2)cc1. The third-order valence-electron chi connectivity index (χ3n) is 4.68. The van der Waals surface area contributed by atoms with Gasteiger partial charge in [-0.3, -0.25) is 0 Å². The molecule has 0 radical (unpaired) electrons. The van der Waals surface area contributed by atoms with Gasteiger partial charge in [-0.2, -0.15) is 0 Å². The maximum absolute atomic E-state index is 9.69. The van der Waals surface area contributed by atoms with Crippen LogP contribution in [0.15, 0.2) is 36.4 Å². The van der Waals surface area contributed by atoms with E-state index in [9.17, 15) is 10.2 Å². The lowest BCUT2D eigenvalue weighted by molar-refractivity contribution is 0.377. The minimum atomic E-state index is -0.0639. The van der Waals surface area contributed by atoms with Gasteiger partial charge >= 0.3 is 0 Å². The average molecular weight is 357 g/mol. The van der Waals surface area contributed by atoms with Crippen molar-refractivity contribution in [1.82, 2.24) is 4.90 Å². The Bertz CT molecular complexity index is 758. The predicted molar refractivity (Wildman–Crippen MR) is 102 cm³/mol. The fourth-order valence-electron chi connectivity index (χ4n) is 3.19. The molecule has 1 aliphatic rings. The molecule has 0 atom stereocenters. The number of aromatic hydroxyl groups is 2. The van der Waals surface area contributed by atoms with Crippen molar-refractivity contribution >= 4 is 17.2 Å². The summed E-state index contributed by atoms with van der Waals surface area (Å²) in [5, 5.41) is 19.3. The molecular formula is C20H23NO3S. The highest BCUT2D eigenvalue weighted by molar-refractivity contribution is 7.80. The lowest BCUT2D eigenvalue weighted by Gasteiger charge is -2.31. The fourth-order valence-corrected chi connectivity index (χ4v) is 3.49. The quantitative estimate of drug-likeness (QED) is 0.629. The van der Waals surface area contributed by atoms with Gasteiger partial charge in [-0.05, 0) is 66.6 Å². The van der Waals surface area contributed by atoms with Gasteiger partial charge in [0.1, 0.15) is 5.75 Å². The molecular weight excluding hydrogens is 334 g/mol. The Balaban J connectivity index is 1.52. The van der Waals surface area contributed by atoms with Crippen molar-refractivity contribution in [1.29, 1.82) is 0 Å². The highest BCUT2D eigenvalue weighted by Crippen LogP contribution is 2.31. The molecule has 0 saturated carbocycles. The van der Waals surface area contributed by atoms with Crippen LogP contribution in [0.2, 0.25) is 0 Å². The second-order valence-electron chi connectivity index (χ2n) is 6.38. The Kier molecular flexibility index (Phi) is 5.43. The van der Waals surface area contributed by atoms with E-state index in [0.29, 0.717) is 6.54 Å². The number of phenols is 2. The molecule has 0 spiro atoms. The van der Waals surface area contributed by atoms with Crippen LogP contribution in [0.1, 0.15) is 29.5 Å². The molecule has 132 valence electrons. The molecule has 4 nitrogen and oxygen atoms in total. The van der Waals surface area contributed by atoms with Crippen molar-refractivity contribution in [3.8, 4) is 17.2 Å². The van der Waals surface area contributed by atoms with Crippen LogP contribution >= 0.6 is 12.2 Å². The molecule has 3 rings (SSSR count). The molecule has 0 bridgehead atoms. The molecule has 0 aliphatic carbocycles. The monoisotopic (exact) mass is 357 g/mol. The molecule has 5 heteroatoms. The molecule has 0 aromatic heterocycles. The van der Waals surface area contributed by atoms with Gasteiger partial charge in [-0.25, -0.2) is 0 Å². The smallest absolute Gasteiger partial charge is 0.157 e. The van der Waals surface area contributed by atoms with Crippen molar-refractivity contribution in [3.05, 3.63) is 53.1 Å². The van der Waals surface area contributed by atoms with Crippen molar-refractivity contribution in [2.45, 2.75) is 32.2 Å². The predicted octanol–water partition coefficient (Wildman–Crippen LogP) is 3.81. The highest BCUT2D eigenvalue weighted by Gasteiger charge is 2.20. The first-order valence-corrected chi connectivity index (χ1v) is 8.92. The van der Waals surface area contributed by atoms with Crippen LogP contribution in [-0.2, 0) is 19.4 Å².